The Balaban J connectivity index is 1.08. The number of carbonyl (C=O) groups is 4. The zero-order chi connectivity index (χ0) is 36.4. The molecule has 3 aromatic rings. The van der Waals surface area contributed by atoms with Crippen LogP contribution in [0.1, 0.15) is 67.8 Å². The van der Waals surface area contributed by atoms with Gasteiger partial charge in [-0.15, -0.1) is 0 Å². The maximum Gasteiger partial charge on any atom is 0.253 e. The van der Waals surface area contributed by atoms with Gasteiger partial charge in [0.1, 0.15) is 11.8 Å². The SMILES string of the molecule is CNC(=O)[C@@H](NC(=O)C1CN(C(=O)Cc2c[nH]c3cc(Cl)ccc23)CC2CN(C(=O)c3ccc(OC4CC4)cc3)CC21)[C@@H](C)OCC1CCCCC1. The van der Waals surface area contributed by atoms with Crippen molar-refractivity contribution < 1.29 is 28.7 Å². The van der Waals surface area contributed by atoms with Gasteiger partial charge in [-0.1, -0.05) is 36.9 Å². The molecule has 278 valence electrons. The number of aromatic nitrogens is 1. The molecule has 3 N–H and O–H groups in total. The van der Waals surface area contributed by atoms with Crippen LogP contribution in [0, 0.1) is 23.7 Å². The van der Waals surface area contributed by atoms with Gasteiger partial charge in [0.25, 0.3) is 5.91 Å². The summed E-state index contributed by atoms with van der Waals surface area (Å²) in [6.07, 6.45) is 9.64. The van der Waals surface area contributed by atoms with Gasteiger partial charge in [0, 0.05) is 67.5 Å². The number of aromatic amines is 1. The lowest BCUT2D eigenvalue weighted by molar-refractivity contribution is -0.141. The van der Waals surface area contributed by atoms with E-state index in [-0.39, 0.29) is 54.5 Å². The summed E-state index contributed by atoms with van der Waals surface area (Å²) in [6, 6.07) is 11.9. The van der Waals surface area contributed by atoms with Crippen molar-refractivity contribution >= 4 is 46.1 Å². The molecule has 52 heavy (non-hydrogen) atoms. The van der Waals surface area contributed by atoms with Crippen LogP contribution in [-0.2, 0) is 25.5 Å². The molecule has 2 saturated heterocycles. The highest BCUT2D eigenvalue weighted by Gasteiger charge is 2.48. The predicted octanol–water partition coefficient (Wildman–Crippen LogP) is 4.97. The molecule has 5 atom stereocenters. The summed E-state index contributed by atoms with van der Waals surface area (Å²) in [5.74, 6) is -0.595. The number of carbonyl (C=O) groups excluding carboxylic acids is 4. The van der Waals surface area contributed by atoms with Crippen molar-refractivity contribution in [3.05, 3.63) is 64.8 Å². The number of halogens is 1. The Bertz CT molecular complexity index is 1770. The Morgan fingerprint density at radius 3 is 2.42 bits per heavy atom. The van der Waals surface area contributed by atoms with Gasteiger partial charge < -0.3 is 34.9 Å². The van der Waals surface area contributed by atoms with Crippen LogP contribution in [0.3, 0.4) is 0 Å². The molecule has 2 aromatic carbocycles. The Morgan fingerprint density at radius 1 is 0.942 bits per heavy atom. The number of likely N-dealkylation sites (N-methyl/N-ethyl adjacent to an activating group) is 1. The Labute approximate surface area is 310 Å². The van der Waals surface area contributed by atoms with Crippen LogP contribution in [0.25, 0.3) is 10.9 Å². The van der Waals surface area contributed by atoms with Crippen molar-refractivity contribution in [3.63, 3.8) is 0 Å². The highest BCUT2D eigenvalue weighted by atomic mass is 35.5. The van der Waals surface area contributed by atoms with Crippen LogP contribution in [-0.4, -0.2) is 96.5 Å². The standard InChI is InChI=1S/C40H50ClN5O6/c1-24(51-23-25-6-4-3-5-7-25)37(39(49)42-2)44-38(48)34-22-45(36(47)16-27-18-43-35-17-29(41)10-15-32(27)35)19-28-20-46(21-33(28)34)40(50)26-8-11-30(12-9-26)52-31-13-14-31/h8-12,15,17-18,24-25,28,31,33-34,37,43H,3-7,13-14,16,19-23H2,1-2H3,(H,42,49)(H,44,48)/t24-,28?,33?,34?,37+/m1/s1. The van der Waals surface area contributed by atoms with Crippen LogP contribution < -0.4 is 15.4 Å². The second-order valence-corrected chi connectivity index (χ2v) is 15.6. The molecule has 7 rings (SSSR count). The maximum atomic E-state index is 14.3. The summed E-state index contributed by atoms with van der Waals surface area (Å²) in [7, 11) is 1.55. The average molecular weight is 732 g/mol. The minimum absolute atomic E-state index is 0.102. The number of ether oxygens (including phenoxy) is 2. The minimum Gasteiger partial charge on any atom is -0.490 e. The third kappa shape index (κ3) is 8.26. The minimum atomic E-state index is -0.904. The first-order valence-electron chi connectivity index (χ1n) is 18.9. The highest BCUT2D eigenvalue weighted by molar-refractivity contribution is 6.31. The molecule has 0 bridgehead atoms. The van der Waals surface area contributed by atoms with E-state index in [4.69, 9.17) is 21.1 Å². The summed E-state index contributed by atoms with van der Waals surface area (Å²) in [5.41, 5.74) is 2.25. The first-order chi connectivity index (χ1) is 25.2. The smallest absolute Gasteiger partial charge is 0.253 e. The van der Waals surface area contributed by atoms with Crippen LogP contribution in [0.4, 0.5) is 0 Å². The molecular formula is C40H50ClN5O6. The van der Waals surface area contributed by atoms with Gasteiger partial charge in [-0.2, -0.15) is 0 Å². The molecule has 0 radical (unpaired) electrons. The quantitative estimate of drug-likeness (QED) is 0.241. The van der Waals surface area contributed by atoms with E-state index in [1.54, 1.807) is 35.0 Å². The van der Waals surface area contributed by atoms with Gasteiger partial charge in [0.2, 0.25) is 17.7 Å². The van der Waals surface area contributed by atoms with E-state index in [0.29, 0.717) is 42.7 Å². The molecule has 3 unspecified atom stereocenters. The predicted molar refractivity (Wildman–Crippen MR) is 198 cm³/mol. The highest BCUT2D eigenvalue weighted by Crippen LogP contribution is 2.37. The number of nitrogens with zero attached hydrogens (tertiary/aromatic N) is 2. The number of H-pyrrole nitrogens is 1. The van der Waals surface area contributed by atoms with Crippen molar-refractivity contribution in [2.24, 2.45) is 23.7 Å². The van der Waals surface area contributed by atoms with E-state index in [1.165, 1.54) is 19.3 Å². The number of likely N-dealkylation sites (tertiary alicyclic amines) is 2. The number of hydrogen-bond acceptors (Lipinski definition) is 6. The largest absolute Gasteiger partial charge is 0.490 e. The second-order valence-electron chi connectivity index (χ2n) is 15.2. The fourth-order valence-electron chi connectivity index (χ4n) is 8.29. The number of amides is 4. The van der Waals surface area contributed by atoms with Gasteiger partial charge in [-0.05, 0) is 92.3 Å². The number of hydrogen-bond donors (Lipinski definition) is 3. The Kier molecular flexibility index (Phi) is 11.1. The van der Waals surface area contributed by atoms with Crippen LogP contribution in [0.15, 0.2) is 48.7 Å². The van der Waals surface area contributed by atoms with Gasteiger partial charge in [-0.25, -0.2) is 0 Å². The van der Waals surface area contributed by atoms with Crippen molar-refractivity contribution in [1.82, 2.24) is 25.4 Å². The first kappa shape index (κ1) is 36.3. The Morgan fingerprint density at radius 2 is 1.69 bits per heavy atom. The molecule has 4 aliphatic rings. The van der Waals surface area contributed by atoms with E-state index in [0.717, 1.165) is 47.9 Å². The van der Waals surface area contributed by atoms with E-state index in [9.17, 15) is 19.2 Å². The molecule has 1 aromatic heterocycles. The number of benzene rings is 2. The topological polar surface area (TPSA) is 133 Å². The zero-order valence-electron chi connectivity index (χ0n) is 30.1. The number of piperidine rings is 1. The lowest BCUT2D eigenvalue weighted by Crippen LogP contribution is -2.58. The monoisotopic (exact) mass is 731 g/mol. The number of rotatable bonds is 12. The van der Waals surface area contributed by atoms with Crippen molar-refractivity contribution in [3.8, 4) is 5.75 Å². The zero-order valence-corrected chi connectivity index (χ0v) is 30.8. The molecule has 4 fully saturated rings. The summed E-state index contributed by atoms with van der Waals surface area (Å²) in [5, 5.41) is 7.25. The molecule has 11 nitrogen and oxygen atoms in total. The molecule has 2 aliphatic carbocycles. The van der Waals surface area contributed by atoms with Crippen molar-refractivity contribution in [1.29, 1.82) is 0 Å². The van der Waals surface area contributed by atoms with E-state index < -0.39 is 18.1 Å². The van der Waals surface area contributed by atoms with Gasteiger partial charge in [-0.3, -0.25) is 19.2 Å². The first-order valence-corrected chi connectivity index (χ1v) is 19.3. The van der Waals surface area contributed by atoms with Gasteiger partial charge >= 0.3 is 0 Å². The van der Waals surface area contributed by atoms with Crippen LogP contribution >= 0.6 is 11.6 Å². The molecule has 2 saturated carbocycles. The normalized spacial score (nSPS) is 23.2. The molecule has 4 amide bonds. The number of nitrogens with one attached hydrogen (secondary N) is 3. The van der Waals surface area contributed by atoms with Crippen molar-refractivity contribution in [2.75, 3.05) is 39.8 Å². The summed E-state index contributed by atoms with van der Waals surface area (Å²) in [6.45, 7) is 3.79. The summed E-state index contributed by atoms with van der Waals surface area (Å²) < 4.78 is 12.1. The lowest BCUT2D eigenvalue weighted by Gasteiger charge is -2.40. The van der Waals surface area contributed by atoms with Crippen molar-refractivity contribution in [2.45, 2.75) is 76.5 Å². The lowest BCUT2D eigenvalue weighted by atomic mass is 9.79. The van der Waals surface area contributed by atoms with Gasteiger partial charge in [0.15, 0.2) is 0 Å². The second kappa shape index (κ2) is 15.9. The van der Waals surface area contributed by atoms with E-state index in [2.05, 4.69) is 15.6 Å². The van der Waals surface area contributed by atoms with Gasteiger partial charge in [0.05, 0.1) is 24.5 Å². The third-order valence-electron chi connectivity index (χ3n) is 11.5. The fourth-order valence-corrected chi connectivity index (χ4v) is 8.46. The molecule has 0 spiro atoms. The molecule has 3 heterocycles. The Hall–Kier alpha value is -4.09. The fraction of sp³-hybridized carbons (Fsp3) is 0.550. The van der Waals surface area contributed by atoms with Crippen LogP contribution in [0.2, 0.25) is 5.02 Å². The number of fused-ring (bicyclic) bond motifs is 2. The third-order valence-corrected chi connectivity index (χ3v) is 11.7. The summed E-state index contributed by atoms with van der Waals surface area (Å²) in [4.78, 5) is 62.1. The van der Waals surface area contributed by atoms with E-state index >= 15 is 0 Å². The van der Waals surface area contributed by atoms with E-state index in [1.807, 2.05) is 37.4 Å². The average Bonchev–Trinajstić information content (AvgIpc) is 3.73. The molecule has 12 heteroatoms. The summed E-state index contributed by atoms with van der Waals surface area (Å²) >= 11 is 6.19. The molecule has 2 aliphatic heterocycles. The van der Waals surface area contributed by atoms with Crippen LogP contribution in [0.5, 0.6) is 5.75 Å². The molecular weight excluding hydrogens is 682 g/mol. The maximum absolute atomic E-state index is 14.3.